The van der Waals surface area contributed by atoms with Crippen LogP contribution in [0, 0.1) is 0 Å². The van der Waals surface area contributed by atoms with E-state index in [-0.39, 0.29) is 22.9 Å². The number of hydrogen-bond donors (Lipinski definition) is 0. The van der Waals surface area contributed by atoms with Gasteiger partial charge in [0.25, 0.3) is 5.91 Å². The highest BCUT2D eigenvalue weighted by Gasteiger charge is 2.37. The highest BCUT2D eigenvalue weighted by Crippen LogP contribution is 2.29. The third-order valence-corrected chi connectivity index (χ3v) is 6.70. The van der Waals surface area contributed by atoms with Crippen LogP contribution >= 0.6 is 0 Å². The predicted octanol–water partition coefficient (Wildman–Crippen LogP) is 1.72. The Bertz CT molecular complexity index is 698. The smallest absolute Gasteiger partial charge is 0.254 e. The number of amides is 1. The molecule has 132 valence electrons. The molecule has 2 aliphatic rings. The Labute approximate surface area is 143 Å². The molecule has 1 heterocycles. The Morgan fingerprint density at radius 1 is 1.17 bits per heavy atom. The van der Waals surface area contributed by atoms with Crippen LogP contribution < -0.4 is 0 Å². The van der Waals surface area contributed by atoms with Gasteiger partial charge < -0.3 is 9.64 Å². The van der Waals surface area contributed by atoms with Crippen molar-refractivity contribution in [2.75, 3.05) is 27.2 Å². The van der Waals surface area contributed by atoms with Crippen LogP contribution in [-0.2, 0) is 14.8 Å². The molecule has 1 aromatic carbocycles. The van der Waals surface area contributed by atoms with Crippen molar-refractivity contribution in [3.63, 3.8) is 0 Å². The van der Waals surface area contributed by atoms with Gasteiger partial charge in [-0.2, -0.15) is 0 Å². The van der Waals surface area contributed by atoms with Crippen LogP contribution in [0.4, 0.5) is 0 Å². The standard InChI is InChI=1S/C17H24N2O4S/c1-18(2)24(21,22)14-9-7-13(8-10-14)17(20)19-11-12-23-16-6-4-3-5-15(16)19/h7-10,15-16H,3-6,11-12H2,1-2H3. The Morgan fingerprint density at radius 2 is 1.83 bits per heavy atom. The molecular formula is C17H24N2O4S. The molecule has 7 heteroatoms. The summed E-state index contributed by atoms with van der Waals surface area (Å²) in [6, 6.07) is 6.35. The minimum absolute atomic E-state index is 0.0380. The molecule has 6 nitrogen and oxygen atoms in total. The van der Waals surface area contributed by atoms with Crippen molar-refractivity contribution >= 4 is 15.9 Å². The first kappa shape index (κ1) is 17.4. The number of fused-ring (bicyclic) bond motifs is 1. The van der Waals surface area contributed by atoms with Crippen molar-refractivity contribution < 1.29 is 17.9 Å². The average Bonchev–Trinajstić information content (AvgIpc) is 2.60. The number of nitrogens with zero attached hydrogens (tertiary/aromatic N) is 2. The van der Waals surface area contributed by atoms with Gasteiger partial charge in [0.2, 0.25) is 10.0 Å². The lowest BCUT2D eigenvalue weighted by Gasteiger charge is -2.43. The zero-order valence-corrected chi connectivity index (χ0v) is 15.0. The zero-order chi connectivity index (χ0) is 17.3. The minimum atomic E-state index is -3.47. The maximum Gasteiger partial charge on any atom is 0.254 e. The Kier molecular flexibility index (Phi) is 4.94. The molecule has 1 saturated carbocycles. The van der Waals surface area contributed by atoms with Crippen LogP contribution in [0.2, 0.25) is 0 Å². The van der Waals surface area contributed by atoms with Gasteiger partial charge in [0.05, 0.1) is 23.6 Å². The van der Waals surface area contributed by atoms with E-state index in [0.717, 1.165) is 25.7 Å². The lowest BCUT2D eigenvalue weighted by Crippen LogP contribution is -2.54. The third-order valence-electron chi connectivity index (χ3n) is 4.87. The summed E-state index contributed by atoms with van der Waals surface area (Å²) in [4.78, 5) is 15.0. The first-order valence-electron chi connectivity index (χ1n) is 8.36. The summed E-state index contributed by atoms with van der Waals surface area (Å²) in [5.74, 6) is -0.0380. The molecule has 1 aliphatic carbocycles. The summed E-state index contributed by atoms with van der Waals surface area (Å²) in [6.45, 7) is 1.16. The summed E-state index contributed by atoms with van der Waals surface area (Å²) < 4.78 is 31.2. The summed E-state index contributed by atoms with van der Waals surface area (Å²) >= 11 is 0. The molecule has 1 aliphatic heterocycles. The van der Waals surface area contributed by atoms with Crippen molar-refractivity contribution in [1.29, 1.82) is 0 Å². The molecule has 2 fully saturated rings. The monoisotopic (exact) mass is 352 g/mol. The van der Waals surface area contributed by atoms with E-state index in [1.807, 2.05) is 4.90 Å². The first-order valence-corrected chi connectivity index (χ1v) is 9.80. The van der Waals surface area contributed by atoms with Crippen LogP contribution in [0.15, 0.2) is 29.2 Å². The van der Waals surface area contributed by atoms with Crippen molar-refractivity contribution in [2.24, 2.45) is 0 Å². The number of rotatable bonds is 3. The van der Waals surface area contributed by atoms with E-state index < -0.39 is 10.0 Å². The Morgan fingerprint density at radius 3 is 2.50 bits per heavy atom. The minimum Gasteiger partial charge on any atom is -0.374 e. The largest absolute Gasteiger partial charge is 0.374 e. The molecule has 1 amide bonds. The highest BCUT2D eigenvalue weighted by molar-refractivity contribution is 7.89. The van der Waals surface area contributed by atoms with Crippen molar-refractivity contribution in [2.45, 2.75) is 42.7 Å². The van der Waals surface area contributed by atoms with Crippen LogP contribution in [-0.4, -0.2) is 62.9 Å². The molecule has 0 radical (unpaired) electrons. The number of hydrogen-bond acceptors (Lipinski definition) is 4. The predicted molar refractivity (Wildman–Crippen MR) is 90.3 cm³/mol. The van der Waals surface area contributed by atoms with Gasteiger partial charge in [0.1, 0.15) is 0 Å². The van der Waals surface area contributed by atoms with E-state index in [9.17, 15) is 13.2 Å². The van der Waals surface area contributed by atoms with Crippen LogP contribution in [0.5, 0.6) is 0 Å². The number of morpholine rings is 1. The maximum absolute atomic E-state index is 12.9. The average molecular weight is 352 g/mol. The van der Waals surface area contributed by atoms with Gasteiger partial charge in [0, 0.05) is 26.2 Å². The second-order valence-electron chi connectivity index (χ2n) is 6.57. The number of carbonyl (C=O) groups is 1. The summed E-state index contributed by atoms with van der Waals surface area (Å²) in [7, 11) is -0.492. The summed E-state index contributed by atoms with van der Waals surface area (Å²) in [5, 5.41) is 0. The highest BCUT2D eigenvalue weighted by atomic mass is 32.2. The lowest BCUT2D eigenvalue weighted by atomic mass is 9.89. The third kappa shape index (κ3) is 3.20. The number of benzene rings is 1. The Balaban J connectivity index is 1.80. The van der Waals surface area contributed by atoms with Gasteiger partial charge in [-0.05, 0) is 37.1 Å². The van der Waals surface area contributed by atoms with Gasteiger partial charge >= 0.3 is 0 Å². The second kappa shape index (κ2) is 6.82. The van der Waals surface area contributed by atoms with Crippen LogP contribution in [0.1, 0.15) is 36.0 Å². The quantitative estimate of drug-likeness (QED) is 0.831. The van der Waals surface area contributed by atoms with Crippen LogP contribution in [0.3, 0.4) is 0 Å². The van der Waals surface area contributed by atoms with E-state index in [1.54, 1.807) is 12.1 Å². The van der Waals surface area contributed by atoms with E-state index in [0.29, 0.717) is 18.7 Å². The van der Waals surface area contributed by atoms with Crippen molar-refractivity contribution in [1.82, 2.24) is 9.21 Å². The molecule has 0 N–H and O–H groups in total. The fraction of sp³-hybridized carbons (Fsp3) is 0.588. The number of sulfonamides is 1. The Hall–Kier alpha value is -1.44. The van der Waals surface area contributed by atoms with E-state index in [1.165, 1.54) is 30.5 Å². The number of carbonyl (C=O) groups excluding carboxylic acids is 1. The molecule has 2 unspecified atom stereocenters. The molecular weight excluding hydrogens is 328 g/mol. The van der Waals surface area contributed by atoms with Gasteiger partial charge in [-0.3, -0.25) is 4.79 Å². The summed E-state index contributed by atoms with van der Waals surface area (Å²) in [6.07, 6.45) is 4.40. The molecule has 24 heavy (non-hydrogen) atoms. The van der Waals surface area contributed by atoms with E-state index in [2.05, 4.69) is 0 Å². The molecule has 1 saturated heterocycles. The number of ether oxygens (including phenoxy) is 1. The molecule has 3 rings (SSSR count). The van der Waals surface area contributed by atoms with Crippen molar-refractivity contribution in [3.05, 3.63) is 29.8 Å². The van der Waals surface area contributed by atoms with Gasteiger partial charge in [-0.25, -0.2) is 12.7 Å². The van der Waals surface area contributed by atoms with Gasteiger partial charge in [0.15, 0.2) is 0 Å². The molecule has 0 bridgehead atoms. The lowest BCUT2D eigenvalue weighted by molar-refractivity contribution is -0.0752. The molecule has 1 aromatic rings. The molecule has 0 spiro atoms. The topological polar surface area (TPSA) is 66.9 Å². The summed E-state index contributed by atoms with van der Waals surface area (Å²) in [5.41, 5.74) is 0.527. The fourth-order valence-electron chi connectivity index (χ4n) is 3.49. The molecule has 2 atom stereocenters. The molecule has 0 aromatic heterocycles. The van der Waals surface area contributed by atoms with Crippen LogP contribution in [0.25, 0.3) is 0 Å². The van der Waals surface area contributed by atoms with E-state index in [4.69, 9.17) is 4.74 Å². The normalized spacial score (nSPS) is 24.7. The second-order valence-corrected chi connectivity index (χ2v) is 8.72. The fourth-order valence-corrected chi connectivity index (χ4v) is 4.40. The first-order chi connectivity index (χ1) is 11.4. The van der Waals surface area contributed by atoms with Gasteiger partial charge in [-0.15, -0.1) is 0 Å². The SMILES string of the molecule is CN(C)S(=O)(=O)c1ccc(C(=O)N2CCOC3CCCCC32)cc1. The van der Waals surface area contributed by atoms with Gasteiger partial charge in [-0.1, -0.05) is 12.8 Å². The maximum atomic E-state index is 12.9. The van der Waals surface area contributed by atoms with E-state index >= 15 is 0 Å². The van der Waals surface area contributed by atoms with Crippen molar-refractivity contribution in [3.8, 4) is 0 Å². The zero-order valence-electron chi connectivity index (χ0n) is 14.1.